The largest absolute Gasteiger partial charge is 0.452 e. The van der Waals surface area contributed by atoms with Crippen molar-refractivity contribution in [1.29, 1.82) is 0 Å². The van der Waals surface area contributed by atoms with Crippen LogP contribution in [0.3, 0.4) is 0 Å². The summed E-state index contributed by atoms with van der Waals surface area (Å²) in [6.07, 6.45) is 0.688. The average Bonchev–Trinajstić information content (AvgIpc) is 2.53. The Morgan fingerprint density at radius 1 is 1.04 bits per heavy atom. The lowest BCUT2D eigenvalue weighted by atomic mass is 10.1. The molecule has 0 unspecified atom stereocenters. The number of rotatable bonds is 6. The second-order valence-corrected chi connectivity index (χ2v) is 6.12. The Balaban J connectivity index is 1.74. The second kappa shape index (κ2) is 8.50. The van der Waals surface area contributed by atoms with Crippen LogP contribution < -0.4 is 5.32 Å². The first kappa shape index (κ1) is 18.0. The van der Waals surface area contributed by atoms with Crippen molar-refractivity contribution in [2.75, 3.05) is 13.2 Å². The molecule has 0 radical (unpaired) electrons. The molecule has 0 saturated carbocycles. The highest BCUT2D eigenvalue weighted by molar-refractivity contribution is 6.30. The summed E-state index contributed by atoms with van der Waals surface area (Å²) in [5.41, 5.74) is 3.50. The summed E-state index contributed by atoms with van der Waals surface area (Å²) in [6.45, 7) is 4.01. The predicted molar refractivity (Wildman–Crippen MR) is 94.4 cm³/mol. The van der Waals surface area contributed by atoms with Gasteiger partial charge < -0.3 is 10.1 Å². The molecule has 1 amide bonds. The molecule has 1 N–H and O–H groups in total. The molecule has 2 aromatic carbocycles. The Hall–Kier alpha value is -2.33. The van der Waals surface area contributed by atoms with Crippen LogP contribution in [0.2, 0.25) is 5.02 Å². The van der Waals surface area contributed by atoms with Crippen LogP contribution in [0.1, 0.15) is 27.0 Å². The number of ether oxygens (including phenoxy) is 1. The molecular weight excluding hydrogens is 326 g/mol. The van der Waals surface area contributed by atoms with Crippen LogP contribution in [0.4, 0.5) is 0 Å². The van der Waals surface area contributed by atoms with Gasteiger partial charge >= 0.3 is 5.97 Å². The number of hydrogen-bond donors (Lipinski definition) is 1. The fourth-order valence-electron chi connectivity index (χ4n) is 2.36. The quantitative estimate of drug-likeness (QED) is 0.815. The van der Waals surface area contributed by atoms with E-state index in [9.17, 15) is 9.59 Å². The van der Waals surface area contributed by atoms with E-state index < -0.39 is 5.97 Å². The Morgan fingerprint density at radius 2 is 1.67 bits per heavy atom. The van der Waals surface area contributed by atoms with Gasteiger partial charge in [-0.1, -0.05) is 40.9 Å². The number of halogens is 1. The molecule has 0 aliphatic heterocycles. The Bertz CT molecular complexity index is 706. The molecule has 0 bridgehead atoms. The third-order valence-electron chi connectivity index (χ3n) is 3.44. The van der Waals surface area contributed by atoms with Gasteiger partial charge in [0.1, 0.15) is 0 Å². The normalized spacial score (nSPS) is 10.3. The van der Waals surface area contributed by atoms with Crippen LogP contribution in [-0.2, 0) is 16.0 Å². The smallest absolute Gasteiger partial charge is 0.338 e. The first-order chi connectivity index (χ1) is 11.4. The van der Waals surface area contributed by atoms with Crippen LogP contribution in [0, 0.1) is 13.8 Å². The highest BCUT2D eigenvalue weighted by Crippen LogP contribution is 2.10. The number of esters is 1. The maximum Gasteiger partial charge on any atom is 0.338 e. The van der Waals surface area contributed by atoms with Crippen molar-refractivity contribution in [2.45, 2.75) is 20.3 Å². The summed E-state index contributed by atoms with van der Waals surface area (Å²) in [4.78, 5) is 23.7. The van der Waals surface area contributed by atoms with E-state index in [-0.39, 0.29) is 12.5 Å². The predicted octanol–water partition coefficient (Wildman–Crippen LogP) is 3.47. The number of amides is 1. The van der Waals surface area contributed by atoms with Gasteiger partial charge in [0.2, 0.25) is 0 Å². The minimum Gasteiger partial charge on any atom is -0.452 e. The zero-order valence-corrected chi connectivity index (χ0v) is 14.5. The zero-order chi connectivity index (χ0) is 17.5. The van der Waals surface area contributed by atoms with E-state index in [1.165, 1.54) is 0 Å². The lowest BCUT2D eigenvalue weighted by Gasteiger charge is -2.08. The van der Waals surface area contributed by atoms with Gasteiger partial charge in [-0.2, -0.15) is 0 Å². The van der Waals surface area contributed by atoms with Crippen LogP contribution in [0.5, 0.6) is 0 Å². The van der Waals surface area contributed by atoms with E-state index in [1.807, 2.05) is 44.2 Å². The first-order valence-electron chi connectivity index (χ1n) is 7.70. The monoisotopic (exact) mass is 345 g/mol. The summed E-state index contributed by atoms with van der Waals surface area (Å²) >= 11 is 5.82. The molecule has 0 aliphatic carbocycles. The maximum atomic E-state index is 12.0. The van der Waals surface area contributed by atoms with Crippen LogP contribution in [-0.4, -0.2) is 25.0 Å². The van der Waals surface area contributed by atoms with Crippen molar-refractivity contribution in [3.8, 4) is 0 Å². The minimum absolute atomic E-state index is 0.285. The van der Waals surface area contributed by atoms with Gasteiger partial charge in [0.25, 0.3) is 5.91 Å². The number of nitrogens with one attached hydrogen (secondary N) is 1. The summed E-state index contributed by atoms with van der Waals surface area (Å²) in [5, 5.41) is 3.41. The lowest BCUT2D eigenvalue weighted by Crippen LogP contribution is -2.30. The van der Waals surface area contributed by atoms with Crippen molar-refractivity contribution in [2.24, 2.45) is 0 Å². The molecule has 0 spiro atoms. The van der Waals surface area contributed by atoms with Gasteiger partial charge in [-0.25, -0.2) is 4.79 Å². The van der Waals surface area contributed by atoms with Crippen molar-refractivity contribution < 1.29 is 14.3 Å². The molecule has 0 atom stereocenters. The molecule has 5 heteroatoms. The molecule has 0 saturated heterocycles. The van der Waals surface area contributed by atoms with E-state index in [0.717, 1.165) is 16.7 Å². The third kappa shape index (κ3) is 5.70. The van der Waals surface area contributed by atoms with E-state index in [2.05, 4.69) is 5.32 Å². The molecular formula is C19H20ClNO3. The molecule has 0 heterocycles. The van der Waals surface area contributed by atoms with Crippen molar-refractivity contribution in [3.63, 3.8) is 0 Å². The van der Waals surface area contributed by atoms with Gasteiger partial charge in [0.15, 0.2) is 6.61 Å². The third-order valence-corrected chi connectivity index (χ3v) is 3.69. The number of carbonyl (C=O) groups is 2. The molecule has 0 aliphatic rings. The van der Waals surface area contributed by atoms with Crippen molar-refractivity contribution >= 4 is 23.5 Å². The Labute approximate surface area is 146 Å². The fraction of sp³-hybridized carbons (Fsp3) is 0.263. The lowest BCUT2D eigenvalue weighted by molar-refractivity contribution is -0.124. The van der Waals surface area contributed by atoms with Gasteiger partial charge in [0, 0.05) is 11.6 Å². The zero-order valence-electron chi connectivity index (χ0n) is 13.8. The average molecular weight is 346 g/mol. The second-order valence-electron chi connectivity index (χ2n) is 5.68. The van der Waals surface area contributed by atoms with Crippen molar-refractivity contribution in [1.82, 2.24) is 5.32 Å². The van der Waals surface area contributed by atoms with Gasteiger partial charge in [-0.15, -0.1) is 0 Å². The number of carbonyl (C=O) groups excluding carboxylic acids is 2. The van der Waals surface area contributed by atoms with Crippen LogP contribution >= 0.6 is 11.6 Å². The van der Waals surface area contributed by atoms with E-state index in [0.29, 0.717) is 23.6 Å². The van der Waals surface area contributed by atoms with E-state index in [1.54, 1.807) is 12.1 Å². The number of benzene rings is 2. The Kier molecular flexibility index (Phi) is 6.38. The number of hydrogen-bond acceptors (Lipinski definition) is 3. The van der Waals surface area contributed by atoms with Crippen LogP contribution in [0.15, 0.2) is 42.5 Å². The van der Waals surface area contributed by atoms with E-state index in [4.69, 9.17) is 16.3 Å². The van der Waals surface area contributed by atoms with Gasteiger partial charge in [-0.05, 0) is 50.1 Å². The molecule has 2 rings (SSSR count). The maximum absolute atomic E-state index is 12.0. The number of aryl methyl sites for hydroxylation is 2. The highest BCUT2D eigenvalue weighted by Gasteiger charge is 2.10. The minimum atomic E-state index is -0.491. The molecule has 4 nitrogen and oxygen atoms in total. The summed E-state index contributed by atoms with van der Waals surface area (Å²) in [5.74, 6) is -0.809. The van der Waals surface area contributed by atoms with Crippen molar-refractivity contribution in [3.05, 3.63) is 69.7 Å². The molecule has 0 fully saturated rings. The standard InChI is InChI=1S/C19H20ClNO3/c1-13-9-14(2)11-16(10-13)19(23)24-12-18(22)21-8-7-15-3-5-17(20)6-4-15/h3-6,9-11H,7-8,12H2,1-2H3,(H,21,22). The summed E-state index contributed by atoms with van der Waals surface area (Å²) in [7, 11) is 0. The van der Waals surface area contributed by atoms with Crippen LogP contribution in [0.25, 0.3) is 0 Å². The summed E-state index contributed by atoms with van der Waals surface area (Å²) in [6, 6.07) is 12.9. The topological polar surface area (TPSA) is 55.4 Å². The molecule has 126 valence electrons. The van der Waals surface area contributed by atoms with Gasteiger partial charge in [-0.3, -0.25) is 4.79 Å². The first-order valence-corrected chi connectivity index (χ1v) is 8.08. The molecule has 24 heavy (non-hydrogen) atoms. The summed E-state index contributed by atoms with van der Waals surface area (Å²) < 4.78 is 5.05. The highest BCUT2D eigenvalue weighted by atomic mass is 35.5. The van der Waals surface area contributed by atoms with Gasteiger partial charge in [0.05, 0.1) is 5.56 Å². The SMILES string of the molecule is Cc1cc(C)cc(C(=O)OCC(=O)NCCc2ccc(Cl)cc2)c1. The molecule has 2 aromatic rings. The molecule has 0 aromatic heterocycles. The fourth-order valence-corrected chi connectivity index (χ4v) is 2.48. The Morgan fingerprint density at radius 3 is 2.29 bits per heavy atom. The van der Waals surface area contributed by atoms with E-state index >= 15 is 0 Å².